The minimum absolute atomic E-state index is 0.119. The summed E-state index contributed by atoms with van der Waals surface area (Å²) < 4.78 is 0. The molecule has 1 saturated heterocycles. The molecule has 0 unspecified atom stereocenters. The molecule has 5 N–H and O–H groups in total. The lowest BCUT2D eigenvalue weighted by molar-refractivity contribution is 0.479. The van der Waals surface area contributed by atoms with Crippen molar-refractivity contribution in [3.05, 3.63) is 29.8 Å². The Balaban J connectivity index is 2.02. The van der Waals surface area contributed by atoms with Crippen LogP contribution in [0.3, 0.4) is 0 Å². The molecule has 16 heavy (non-hydrogen) atoms. The lowest BCUT2D eigenvalue weighted by Gasteiger charge is -2.24. The van der Waals surface area contributed by atoms with E-state index in [0.717, 1.165) is 37.2 Å². The number of nitrogens with two attached hydrogens (primary N) is 1. The van der Waals surface area contributed by atoms with Gasteiger partial charge in [-0.1, -0.05) is 12.1 Å². The first-order valence-electron chi connectivity index (χ1n) is 5.67. The second kappa shape index (κ2) is 4.99. The molecule has 0 aliphatic carbocycles. The van der Waals surface area contributed by atoms with Crippen LogP contribution < -0.4 is 16.4 Å². The number of hydrogen-bond donors (Lipinski definition) is 4. The summed E-state index contributed by atoms with van der Waals surface area (Å²) >= 11 is 0. The maximum atomic E-state index is 7.39. The number of nitrogen functional groups attached to an aromatic ring is 1. The molecule has 86 valence electrons. The van der Waals surface area contributed by atoms with Crippen molar-refractivity contribution in [2.24, 2.45) is 5.73 Å². The number of anilines is 1. The normalized spacial score (nSPS) is 17.0. The number of hydrogen-bond acceptors (Lipinski definition) is 3. The quantitative estimate of drug-likeness (QED) is 0.454. The van der Waals surface area contributed by atoms with Crippen LogP contribution in [0.1, 0.15) is 18.4 Å². The summed E-state index contributed by atoms with van der Waals surface area (Å²) in [5.41, 5.74) is 7.29. The fourth-order valence-corrected chi connectivity index (χ4v) is 1.98. The zero-order valence-electron chi connectivity index (χ0n) is 9.29. The van der Waals surface area contributed by atoms with E-state index in [1.165, 1.54) is 0 Å². The van der Waals surface area contributed by atoms with Crippen LogP contribution in [-0.4, -0.2) is 25.0 Å². The molecule has 0 amide bonds. The molecule has 0 atom stereocenters. The molecule has 1 aliphatic heterocycles. The molecule has 1 aliphatic rings. The van der Waals surface area contributed by atoms with Gasteiger partial charge in [0.05, 0.1) is 0 Å². The highest BCUT2D eigenvalue weighted by molar-refractivity contribution is 5.95. The number of amidine groups is 1. The second-order valence-electron chi connectivity index (χ2n) is 4.16. The summed E-state index contributed by atoms with van der Waals surface area (Å²) in [5.74, 6) is 0.119. The summed E-state index contributed by atoms with van der Waals surface area (Å²) in [6.07, 6.45) is 2.29. The third kappa shape index (κ3) is 2.73. The molecule has 4 nitrogen and oxygen atoms in total. The van der Waals surface area contributed by atoms with Crippen molar-refractivity contribution in [2.75, 3.05) is 18.4 Å². The van der Waals surface area contributed by atoms with E-state index in [4.69, 9.17) is 11.1 Å². The van der Waals surface area contributed by atoms with Crippen LogP contribution in [0, 0.1) is 5.41 Å². The van der Waals surface area contributed by atoms with E-state index < -0.39 is 0 Å². The Labute approximate surface area is 95.7 Å². The lowest BCUT2D eigenvalue weighted by Crippen LogP contribution is -2.35. The smallest absolute Gasteiger partial charge is 0.122 e. The Morgan fingerprint density at radius 2 is 2.12 bits per heavy atom. The van der Waals surface area contributed by atoms with Gasteiger partial charge in [0.15, 0.2) is 0 Å². The average molecular weight is 218 g/mol. The van der Waals surface area contributed by atoms with Gasteiger partial charge >= 0.3 is 0 Å². The fourth-order valence-electron chi connectivity index (χ4n) is 1.98. The molecular weight excluding hydrogens is 200 g/mol. The second-order valence-corrected chi connectivity index (χ2v) is 4.16. The van der Waals surface area contributed by atoms with Crippen LogP contribution in [-0.2, 0) is 0 Å². The van der Waals surface area contributed by atoms with Gasteiger partial charge in [-0.3, -0.25) is 5.41 Å². The van der Waals surface area contributed by atoms with Crippen LogP contribution in [0.4, 0.5) is 5.69 Å². The van der Waals surface area contributed by atoms with E-state index >= 15 is 0 Å². The summed E-state index contributed by atoms with van der Waals surface area (Å²) in [7, 11) is 0. The standard InChI is InChI=1S/C12H18N4/c13-12(14)9-2-1-3-11(8-9)16-10-4-6-15-7-5-10/h1-3,8,10,15-16H,4-7H2,(H3,13,14). The molecule has 4 heteroatoms. The Morgan fingerprint density at radius 3 is 2.81 bits per heavy atom. The summed E-state index contributed by atoms with van der Waals surface area (Å²) in [6.45, 7) is 2.15. The van der Waals surface area contributed by atoms with E-state index in [1.807, 2.05) is 24.3 Å². The fraction of sp³-hybridized carbons (Fsp3) is 0.417. The highest BCUT2D eigenvalue weighted by Gasteiger charge is 2.12. The van der Waals surface area contributed by atoms with E-state index in [0.29, 0.717) is 6.04 Å². The van der Waals surface area contributed by atoms with Crippen molar-refractivity contribution in [3.63, 3.8) is 0 Å². The summed E-state index contributed by atoms with van der Waals surface area (Å²) in [6, 6.07) is 8.28. The van der Waals surface area contributed by atoms with Crippen LogP contribution in [0.5, 0.6) is 0 Å². The topological polar surface area (TPSA) is 73.9 Å². The Bertz CT molecular complexity index is 369. The highest BCUT2D eigenvalue weighted by Crippen LogP contribution is 2.14. The Hall–Kier alpha value is -1.55. The molecular formula is C12H18N4. The van der Waals surface area contributed by atoms with Crippen LogP contribution in [0.25, 0.3) is 0 Å². The van der Waals surface area contributed by atoms with Crippen molar-refractivity contribution in [2.45, 2.75) is 18.9 Å². The van der Waals surface area contributed by atoms with Gasteiger partial charge in [0.2, 0.25) is 0 Å². The first-order chi connectivity index (χ1) is 7.75. The predicted octanol–water partition coefficient (Wildman–Crippen LogP) is 1.13. The molecule has 0 spiro atoms. The molecule has 0 saturated carbocycles. The molecule has 0 bridgehead atoms. The van der Waals surface area contributed by atoms with Gasteiger partial charge in [-0.2, -0.15) is 0 Å². The van der Waals surface area contributed by atoms with E-state index in [-0.39, 0.29) is 5.84 Å². The first kappa shape index (κ1) is 11.0. The molecule has 2 rings (SSSR count). The van der Waals surface area contributed by atoms with Gasteiger partial charge < -0.3 is 16.4 Å². The Morgan fingerprint density at radius 1 is 1.38 bits per heavy atom. The molecule has 0 aromatic heterocycles. The van der Waals surface area contributed by atoms with Crippen molar-refractivity contribution in [3.8, 4) is 0 Å². The molecule has 0 radical (unpaired) electrons. The molecule has 1 heterocycles. The zero-order chi connectivity index (χ0) is 11.4. The first-order valence-corrected chi connectivity index (χ1v) is 5.67. The maximum Gasteiger partial charge on any atom is 0.122 e. The lowest BCUT2D eigenvalue weighted by atomic mass is 10.1. The van der Waals surface area contributed by atoms with Gasteiger partial charge in [-0.25, -0.2) is 0 Å². The van der Waals surface area contributed by atoms with E-state index in [9.17, 15) is 0 Å². The van der Waals surface area contributed by atoms with E-state index in [2.05, 4.69) is 10.6 Å². The number of piperidine rings is 1. The minimum Gasteiger partial charge on any atom is -0.384 e. The van der Waals surface area contributed by atoms with Crippen LogP contribution >= 0.6 is 0 Å². The average Bonchev–Trinajstić information content (AvgIpc) is 2.30. The van der Waals surface area contributed by atoms with Crippen LogP contribution in [0.15, 0.2) is 24.3 Å². The number of rotatable bonds is 3. The van der Waals surface area contributed by atoms with Gasteiger partial charge in [0, 0.05) is 17.3 Å². The van der Waals surface area contributed by atoms with Crippen molar-refractivity contribution < 1.29 is 0 Å². The van der Waals surface area contributed by atoms with Crippen molar-refractivity contribution in [1.29, 1.82) is 5.41 Å². The third-order valence-electron chi connectivity index (χ3n) is 2.88. The van der Waals surface area contributed by atoms with Gasteiger partial charge in [-0.15, -0.1) is 0 Å². The van der Waals surface area contributed by atoms with Gasteiger partial charge in [-0.05, 0) is 38.1 Å². The third-order valence-corrected chi connectivity index (χ3v) is 2.88. The maximum absolute atomic E-state index is 7.39. The highest BCUT2D eigenvalue weighted by atomic mass is 15.0. The SMILES string of the molecule is N=C(N)c1cccc(NC2CCNCC2)c1. The molecule has 1 aromatic carbocycles. The van der Waals surface area contributed by atoms with E-state index in [1.54, 1.807) is 0 Å². The summed E-state index contributed by atoms with van der Waals surface area (Å²) in [5, 5.41) is 14.2. The minimum atomic E-state index is 0.119. The predicted molar refractivity (Wildman–Crippen MR) is 67.0 cm³/mol. The van der Waals surface area contributed by atoms with Gasteiger partial charge in [0.1, 0.15) is 5.84 Å². The van der Waals surface area contributed by atoms with Crippen molar-refractivity contribution in [1.82, 2.24) is 5.32 Å². The largest absolute Gasteiger partial charge is 0.384 e. The zero-order valence-corrected chi connectivity index (χ0v) is 9.29. The number of nitrogens with one attached hydrogen (secondary N) is 3. The van der Waals surface area contributed by atoms with Gasteiger partial charge in [0.25, 0.3) is 0 Å². The summed E-state index contributed by atoms with van der Waals surface area (Å²) in [4.78, 5) is 0. The number of benzene rings is 1. The molecule has 1 aromatic rings. The van der Waals surface area contributed by atoms with Crippen molar-refractivity contribution >= 4 is 11.5 Å². The monoisotopic (exact) mass is 218 g/mol. The van der Waals surface area contributed by atoms with Crippen LogP contribution in [0.2, 0.25) is 0 Å². The molecule has 1 fully saturated rings. The Kier molecular flexibility index (Phi) is 3.41.